The van der Waals surface area contributed by atoms with Crippen molar-refractivity contribution in [1.82, 2.24) is 0 Å². The van der Waals surface area contributed by atoms with Crippen LogP contribution in [-0.4, -0.2) is 0 Å². The predicted molar refractivity (Wildman–Crippen MR) is 120 cm³/mol. The van der Waals surface area contributed by atoms with Gasteiger partial charge in [0.2, 0.25) is 0 Å². The van der Waals surface area contributed by atoms with Gasteiger partial charge in [-0.05, 0) is 83.4 Å². The van der Waals surface area contributed by atoms with Gasteiger partial charge in [0, 0.05) is 0 Å². The fraction of sp³-hybridized carbons (Fsp3) is 0.571. The number of rotatable bonds is 3. The first-order valence-corrected chi connectivity index (χ1v) is 11.9. The summed E-state index contributed by atoms with van der Waals surface area (Å²) < 4.78 is 0. The highest BCUT2D eigenvalue weighted by Gasteiger charge is 2.50. The van der Waals surface area contributed by atoms with Gasteiger partial charge in [-0.25, -0.2) is 0 Å². The molecule has 3 fully saturated rings. The van der Waals surface area contributed by atoms with E-state index in [1.165, 1.54) is 62.5 Å². The van der Waals surface area contributed by atoms with Gasteiger partial charge in [-0.15, -0.1) is 0 Å². The van der Waals surface area contributed by atoms with Gasteiger partial charge in [0.15, 0.2) is 0 Å². The summed E-state index contributed by atoms with van der Waals surface area (Å²) >= 11 is 0. The second-order valence-corrected chi connectivity index (χ2v) is 10.3. The van der Waals surface area contributed by atoms with Crippen LogP contribution < -0.4 is 0 Å². The standard InChI is InChI=1S/C28H36/c1-19-3-7-21(8-4-19)22-9-11-23(12-10-22)24-13-15-25(16-14-24)28-26-17-5-20(2)6-18-27(26)28/h9-16,19-21,26-28H,3-8,17-18H2,1-2H3. The van der Waals surface area contributed by atoms with Crippen LogP contribution >= 0.6 is 0 Å². The number of benzene rings is 2. The van der Waals surface area contributed by atoms with Crippen molar-refractivity contribution in [2.45, 2.75) is 77.0 Å². The molecule has 28 heavy (non-hydrogen) atoms. The molecule has 2 aromatic carbocycles. The van der Waals surface area contributed by atoms with E-state index in [2.05, 4.69) is 62.4 Å². The van der Waals surface area contributed by atoms with Crippen LogP contribution in [0.15, 0.2) is 48.5 Å². The van der Waals surface area contributed by atoms with Crippen LogP contribution in [0, 0.1) is 23.7 Å². The Balaban J connectivity index is 1.25. The van der Waals surface area contributed by atoms with E-state index in [-0.39, 0.29) is 0 Å². The molecule has 2 atom stereocenters. The van der Waals surface area contributed by atoms with E-state index >= 15 is 0 Å². The summed E-state index contributed by atoms with van der Waals surface area (Å²) in [5.41, 5.74) is 5.90. The van der Waals surface area contributed by atoms with Crippen LogP contribution in [0.5, 0.6) is 0 Å². The monoisotopic (exact) mass is 372 g/mol. The number of hydrogen-bond donors (Lipinski definition) is 0. The predicted octanol–water partition coefficient (Wildman–Crippen LogP) is 8.19. The molecule has 148 valence electrons. The van der Waals surface area contributed by atoms with Crippen molar-refractivity contribution in [1.29, 1.82) is 0 Å². The van der Waals surface area contributed by atoms with Crippen LogP contribution in [0.25, 0.3) is 11.1 Å². The van der Waals surface area contributed by atoms with Crippen molar-refractivity contribution in [2.75, 3.05) is 0 Å². The lowest BCUT2D eigenvalue weighted by Gasteiger charge is -2.26. The normalized spacial score (nSPS) is 35.1. The van der Waals surface area contributed by atoms with Crippen molar-refractivity contribution >= 4 is 0 Å². The van der Waals surface area contributed by atoms with Crippen molar-refractivity contribution < 1.29 is 0 Å². The smallest absolute Gasteiger partial charge is 0.00995 e. The minimum Gasteiger partial charge on any atom is -0.0625 e. The van der Waals surface area contributed by atoms with Crippen molar-refractivity contribution in [2.24, 2.45) is 23.7 Å². The van der Waals surface area contributed by atoms with E-state index in [1.54, 1.807) is 11.1 Å². The molecule has 5 rings (SSSR count). The van der Waals surface area contributed by atoms with Gasteiger partial charge in [-0.1, -0.05) is 88.1 Å². The SMILES string of the molecule is CC1CCC(c2ccc(-c3ccc(C4C5CCC(C)CCC54)cc3)cc2)CC1. The zero-order valence-corrected chi connectivity index (χ0v) is 17.7. The summed E-state index contributed by atoms with van der Waals surface area (Å²) in [4.78, 5) is 0. The molecule has 0 spiro atoms. The molecule has 3 saturated carbocycles. The highest BCUT2D eigenvalue weighted by atomic mass is 14.5. The van der Waals surface area contributed by atoms with Crippen LogP contribution in [0.2, 0.25) is 0 Å². The third kappa shape index (κ3) is 3.68. The van der Waals surface area contributed by atoms with Gasteiger partial charge in [0.1, 0.15) is 0 Å². The van der Waals surface area contributed by atoms with E-state index < -0.39 is 0 Å². The molecule has 0 amide bonds. The molecule has 3 aliphatic rings. The molecule has 0 saturated heterocycles. The van der Waals surface area contributed by atoms with Gasteiger partial charge >= 0.3 is 0 Å². The Bertz CT molecular complexity index is 762. The highest BCUT2D eigenvalue weighted by Crippen LogP contribution is 2.60. The summed E-state index contributed by atoms with van der Waals surface area (Å²) in [6, 6.07) is 19.1. The molecule has 3 aliphatic carbocycles. The first-order valence-electron chi connectivity index (χ1n) is 11.9. The second-order valence-electron chi connectivity index (χ2n) is 10.3. The molecule has 0 heterocycles. The molecule has 0 bridgehead atoms. The third-order valence-corrected chi connectivity index (χ3v) is 8.34. The van der Waals surface area contributed by atoms with Crippen LogP contribution in [0.4, 0.5) is 0 Å². The second kappa shape index (κ2) is 7.69. The zero-order valence-electron chi connectivity index (χ0n) is 17.7. The lowest BCUT2D eigenvalue weighted by Crippen LogP contribution is -2.10. The molecular formula is C28H36. The Labute approximate surface area is 171 Å². The Morgan fingerprint density at radius 2 is 0.929 bits per heavy atom. The zero-order chi connectivity index (χ0) is 19.1. The molecule has 0 nitrogen and oxygen atoms in total. The maximum atomic E-state index is 2.44. The van der Waals surface area contributed by atoms with Crippen molar-refractivity contribution in [3.05, 3.63) is 59.7 Å². The molecule has 0 radical (unpaired) electrons. The number of hydrogen-bond acceptors (Lipinski definition) is 0. The van der Waals surface area contributed by atoms with E-state index in [9.17, 15) is 0 Å². The Hall–Kier alpha value is -1.56. The molecule has 0 aliphatic heterocycles. The average Bonchev–Trinajstić information content (AvgIpc) is 3.47. The maximum absolute atomic E-state index is 2.44. The van der Waals surface area contributed by atoms with Gasteiger partial charge in [0.05, 0.1) is 0 Å². The fourth-order valence-electron chi connectivity index (χ4n) is 6.26. The van der Waals surface area contributed by atoms with E-state index in [0.29, 0.717) is 0 Å². The van der Waals surface area contributed by atoms with Crippen molar-refractivity contribution in [3.63, 3.8) is 0 Å². The highest BCUT2D eigenvalue weighted by molar-refractivity contribution is 5.64. The summed E-state index contributed by atoms with van der Waals surface area (Å²) in [6.45, 7) is 4.84. The van der Waals surface area contributed by atoms with E-state index in [1.807, 2.05) is 0 Å². The quantitative estimate of drug-likeness (QED) is 0.509. The van der Waals surface area contributed by atoms with Gasteiger partial charge < -0.3 is 0 Å². The average molecular weight is 373 g/mol. The molecular weight excluding hydrogens is 336 g/mol. The fourth-order valence-corrected chi connectivity index (χ4v) is 6.26. The lowest BCUT2D eigenvalue weighted by atomic mass is 9.79. The minimum atomic E-state index is 0.789. The minimum absolute atomic E-state index is 0.789. The van der Waals surface area contributed by atoms with Crippen LogP contribution in [0.3, 0.4) is 0 Å². The summed E-state index contributed by atoms with van der Waals surface area (Å²) in [7, 11) is 0. The Morgan fingerprint density at radius 3 is 1.43 bits per heavy atom. The van der Waals surface area contributed by atoms with Crippen LogP contribution in [-0.2, 0) is 0 Å². The summed E-state index contributed by atoms with van der Waals surface area (Å²) in [5.74, 6) is 5.49. The van der Waals surface area contributed by atoms with E-state index in [0.717, 1.165) is 35.5 Å². The number of fused-ring (bicyclic) bond motifs is 1. The van der Waals surface area contributed by atoms with Gasteiger partial charge in [-0.2, -0.15) is 0 Å². The first kappa shape index (κ1) is 18.5. The topological polar surface area (TPSA) is 0 Å². The summed E-state index contributed by atoms with van der Waals surface area (Å²) in [5, 5.41) is 0. The lowest BCUT2D eigenvalue weighted by molar-refractivity contribution is 0.348. The van der Waals surface area contributed by atoms with E-state index in [4.69, 9.17) is 0 Å². The molecule has 0 N–H and O–H groups in total. The third-order valence-electron chi connectivity index (χ3n) is 8.34. The van der Waals surface area contributed by atoms with Gasteiger partial charge in [-0.3, -0.25) is 0 Å². The Kier molecular flexibility index (Phi) is 5.07. The molecule has 0 heteroatoms. The van der Waals surface area contributed by atoms with Crippen molar-refractivity contribution in [3.8, 4) is 11.1 Å². The maximum Gasteiger partial charge on any atom is -0.00995 e. The Morgan fingerprint density at radius 1 is 0.500 bits per heavy atom. The summed E-state index contributed by atoms with van der Waals surface area (Å²) in [6.07, 6.45) is 11.4. The van der Waals surface area contributed by atoms with Gasteiger partial charge in [0.25, 0.3) is 0 Å². The molecule has 2 unspecified atom stereocenters. The largest absolute Gasteiger partial charge is 0.0625 e. The first-order chi connectivity index (χ1) is 13.7. The molecule has 2 aromatic rings. The molecule has 0 aromatic heterocycles. The van der Waals surface area contributed by atoms with Crippen LogP contribution in [0.1, 0.15) is 88.2 Å².